The minimum atomic E-state index is 0.631. The number of fused-ring (bicyclic) bond motifs is 2. The van der Waals surface area contributed by atoms with Gasteiger partial charge in [-0.05, 0) is 17.5 Å². The first-order chi connectivity index (χ1) is 10.8. The van der Waals surface area contributed by atoms with E-state index >= 15 is 0 Å². The number of nitrogens with zero attached hydrogens (tertiary/aromatic N) is 5. The average Bonchev–Trinajstić information content (AvgIpc) is 3.20. The van der Waals surface area contributed by atoms with Gasteiger partial charge in [-0.3, -0.25) is 0 Å². The summed E-state index contributed by atoms with van der Waals surface area (Å²) in [6.07, 6.45) is 4.37. The van der Waals surface area contributed by atoms with Crippen LogP contribution in [0.1, 0.15) is 18.4 Å². The van der Waals surface area contributed by atoms with Gasteiger partial charge in [0.25, 0.3) is 0 Å². The molecule has 4 aromatic rings. The number of aromatic nitrogens is 5. The number of nitrogens with one attached hydrogen (secondary N) is 1. The molecule has 0 spiro atoms. The van der Waals surface area contributed by atoms with Crippen LogP contribution in [0.15, 0.2) is 36.0 Å². The molecule has 110 valence electrons. The van der Waals surface area contributed by atoms with Gasteiger partial charge in [0.1, 0.15) is 16.5 Å². The Balaban J connectivity index is 1.69. The minimum Gasteiger partial charge on any atom is -0.364 e. The van der Waals surface area contributed by atoms with Gasteiger partial charge in [-0.15, -0.1) is 11.3 Å². The molecule has 0 bridgehead atoms. The Morgan fingerprint density at radius 3 is 3.05 bits per heavy atom. The van der Waals surface area contributed by atoms with Gasteiger partial charge in [0.05, 0.1) is 23.8 Å². The molecule has 0 aliphatic carbocycles. The third-order valence-corrected chi connectivity index (χ3v) is 4.30. The van der Waals surface area contributed by atoms with Gasteiger partial charge >= 0.3 is 0 Å². The van der Waals surface area contributed by atoms with Gasteiger partial charge in [-0.2, -0.15) is 5.10 Å². The molecule has 0 aromatic carbocycles. The minimum absolute atomic E-state index is 0.631. The number of thiophene rings is 1. The number of hydrogen-bond acceptors (Lipinski definition) is 6. The molecule has 0 saturated carbocycles. The monoisotopic (exact) mass is 310 g/mol. The highest BCUT2D eigenvalue weighted by Crippen LogP contribution is 2.25. The second kappa shape index (κ2) is 5.34. The Hall–Kier alpha value is -2.54. The normalized spacial score (nSPS) is 11.3. The van der Waals surface area contributed by atoms with E-state index < -0.39 is 0 Å². The average molecular weight is 310 g/mol. The predicted octanol–water partition coefficient (Wildman–Crippen LogP) is 2.91. The second-order valence-corrected chi connectivity index (χ2v) is 5.77. The fourth-order valence-corrected chi connectivity index (χ4v) is 3.17. The van der Waals surface area contributed by atoms with Crippen LogP contribution >= 0.6 is 11.3 Å². The topological polar surface area (TPSA) is 68.0 Å². The summed E-state index contributed by atoms with van der Waals surface area (Å²) in [6.45, 7) is 2.69. The first kappa shape index (κ1) is 13.1. The Kier molecular flexibility index (Phi) is 3.19. The maximum atomic E-state index is 4.61. The molecule has 0 atom stereocenters. The van der Waals surface area contributed by atoms with Crippen molar-refractivity contribution in [3.8, 4) is 0 Å². The highest BCUT2D eigenvalue weighted by Gasteiger charge is 2.09. The summed E-state index contributed by atoms with van der Waals surface area (Å²) in [5.74, 6) is 1.73. The molecule has 7 heteroatoms. The van der Waals surface area contributed by atoms with Gasteiger partial charge in [0, 0.05) is 18.7 Å². The van der Waals surface area contributed by atoms with Crippen molar-refractivity contribution in [2.75, 3.05) is 5.32 Å². The van der Waals surface area contributed by atoms with E-state index in [2.05, 4.69) is 38.4 Å². The van der Waals surface area contributed by atoms with Crippen molar-refractivity contribution in [3.05, 3.63) is 47.5 Å². The van der Waals surface area contributed by atoms with Crippen LogP contribution in [0.5, 0.6) is 0 Å². The van der Waals surface area contributed by atoms with E-state index in [0.29, 0.717) is 6.54 Å². The Morgan fingerprint density at radius 1 is 1.18 bits per heavy atom. The Labute approximate surface area is 130 Å². The molecule has 0 saturated heterocycles. The number of anilines is 1. The molecular formula is C15H14N6S. The van der Waals surface area contributed by atoms with Crippen LogP contribution in [0.4, 0.5) is 5.82 Å². The van der Waals surface area contributed by atoms with E-state index in [-0.39, 0.29) is 0 Å². The fraction of sp³-hybridized carbons (Fsp3) is 0.200. The lowest BCUT2D eigenvalue weighted by molar-refractivity contribution is 0.850. The van der Waals surface area contributed by atoms with Gasteiger partial charge in [0.2, 0.25) is 0 Å². The summed E-state index contributed by atoms with van der Waals surface area (Å²) in [6, 6.07) is 5.90. The summed E-state index contributed by atoms with van der Waals surface area (Å²) in [5.41, 5.74) is 1.88. The highest BCUT2D eigenvalue weighted by atomic mass is 32.1. The summed E-state index contributed by atoms with van der Waals surface area (Å²) >= 11 is 1.64. The third-order valence-electron chi connectivity index (χ3n) is 3.49. The number of hydrogen-bond donors (Lipinski definition) is 1. The van der Waals surface area contributed by atoms with Crippen LogP contribution in [-0.2, 0) is 13.0 Å². The smallest absolute Gasteiger partial charge is 0.155 e. The van der Waals surface area contributed by atoms with Crippen molar-refractivity contribution < 1.29 is 0 Å². The molecular weight excluding hydrogens is 296 g/mol. The number of rotatable bonds is 4. The van der Waals surface area contributed by atoms with Crippen LogP contribution < -0.4 is 5.32 Å². The third kappa shape index (κ3) is 2.19. The standard InChI is InChI=1S/C15H14N6S/c1-2-12-19-14(11-5-8-22-15(11)20-12)17-9-10-3-6-16-13-4-7-18-21(10)13/h3-8H,2,9H2,1H3,(H,17,19,20). The van der Waals surface area contributed by atoms with Crippen molar-refractivity contribution in [1.82, 2.24) is 24.6 Å². The summed E-state index contributed by atoms with van der Waals surface area (Å²) in [7, 11) is 0. The molecule has 6 nitrogen and oxygen atoms in total. The van der Waals surface area contributed by atoms with Crippen LogP contribution in [0.3, 0.4) is 0 Å². The molecule has 0 aliphatic heterocycles. The van der Waals surface area contributed by atoms with Gasteiger partial charge in [0.15, 0.2) is 5.65 Å². The van der Waals surface area contributed by atoms with Crippen LogP contribution in [0.25, 0.3) is 15.9 Å². The molecule has 22 heavy (non-hydrogen) atoms. The zero-order chi connectivity index (χ0) is 14.9. The van der Waals surface area contributed by atoms with Gasteiger partial charge < -0.3 is 5.32 Å². The summed E-state index contributed by atoms with van der Waals surface area (Å²) in [5, 5.41) is 10.8. The van der Waals surface area contributed by atoms with Crippen molar-refractivity contribution in [3.63, 3.8) is 0 Å². The highest BCUT2D eigenvalue weighted by molar-refractivity contribution is 7.16. The van der Waals surface area contributed by atoms with E-state index in [1.807, 2.05) is 22.0 Å². The molecule has 1 N–H and O–H groups in total. The molecule has 4 aromatic heterocycles. The molecule has 4 rings (SSSR count). The predicted molar refractivity (Wildman–Crippen MR) is 87.1 cm³/mol. The van der Waals surface area contributed by atoms with Crippen LogP contribution in [0, 0.1) is 0 Å². The second-order valence-electron chi connectivity index (χ2n) is 4.87. The van der Waals surface area contributed by atoms with E-state index in [0.717, 1.165) is 39.6 Å². The lowest BCUT2D eigenvalue weighted by Gasteiger charge is -2.09. The molecule has 0 fully saturated rings. The van der Waals surface area contributed by atoms with Crippen LogP contribution in [-0.4, -0.2) is 24.6 Å². The molecule has 0 aliphatic rings. The summed E-state index contributed by atoms with van der Waals surface area (Å²) in [4.78, 5) is 14.5. The maximum Gasteiger partial charge on any atom is 0.155 e. The quantitative estimate of drug-likeness (QED) is 0.628. The van der Waals surface area contributed by atoms with Crippen molar-refractivity contribution in [2.45, 2.75) is 19.9 Å². The van der Waals surface area contributed by atoms with Crippen molar-refractivity contribution >= 4 is 33.0 Å². The van der Waals surface area contributed by atoms with Crippen molar-refractivity contribution in [1.29, 1.82) is 0 Å². The van der Waals surface area contributed by atoms with E-state index in [1.54, 1.807) is 23.7 Å². The largest absolute Gasteiger partial charge is 0.364 e. The van der Waals surface area contributed by atoms with Gasteiger partial charge in [-0.1, -0.05) is 6.92 Å². The summed E-state index contributed by atoms with van der Waals surface area (Å²) < 4.78 is 1.83. The number of aryl methyl sites for hydroxylation is 1. The first-order valence-corrected chi connectivity index (χ1v) is 7.98. The fourth-order valence-electron chi connectivity index (χ4n) is 2.39. The Morgan fingerprint density at radius 2 is 2.14 bits per heavy atom. The lowest BCUT2D eigenvalue weighted by atomic mass is 10.3. The maximum absolute atomic E-state index is 4.61. The Bertz CT molecular complexity index is 941. The molecule has 0 amide bonds. The molecule has 0 radical (unpaired) electrons. The zero-order valence-corrected chi connectivity index (χ0v) is 12.8. The zero-order valence-electron chi connectivity index (χ0n) is 12.0. The van der Waals surface area contributed by atoms with Crippen molar-refractivity contribution in [2.24, 2.45) is 0 Å². The van der Waals surface area contributed by atoms with E-state index in [9.17, 15) is 0 Å². The molecule has 4 heterocycles. The molecule has 0 unspecified atom stereocenters. The van der Waals surface area contributed by atoms with E-state index in [1.165, 1.54) is 0 Å². The lowest BCUT2D eigenvalue weighted by Crippen LogP contribution is -2.08. The first-order valence-electron chi connectivity index (χ1n) is 7.11. The van der Waals surface area contributed by atoms with Gasteiger partial charge in [-0.25, -0.2) is 19.5 Å². The van der Waals surface area contributed by atoms with Crippen LogP contribution in [0.2, 0.25) is 0 Å². The van der Waals surface area contributed by atoms with E-state index in [4.69, 9.17) is 0 Å². The SMILES string of the molecule is CCc1nc(NCc2ccnc3ccnn23)c2ccsc2n1.